The maximum absolute atomic E-state index is 6.47. The van der Waals surface area contributed by atoms with Gasteiger partial charge in [0.2, 0.25) is 0 Å². The number of nitrogens with zero attached hydrogens (tertiary/aromatic N) is 2. The quantitative estimate of drug-likeness (QED) is 0.813. The van der Waals surface area contributed by atoms with Crippen LogP contribution in [0, 0.1) is 0 Å². The molecule has 1 aromatic heterocycles. The molecule has 4 rings (SSSR count). The Labute approximate surface area is 152 Å². The molecule has 2 aliphatic rings. The molecule has 1 atom stereocenters. The van der Waals surface area contributed by atoms with Gasteiger partial charge in [-0.15, -0.1) is 0 Å². The third kappa shape index (κ3) is 2.92. The van der Waals surface area contributed by atoms with E-state index in [1.54, 1.807) is 0 Å². The number of benzene rings is 1. The van der Waals surface area contributed by atoms with E-state index in [4.69, 9.17) is 23.2 Å². The summed E-state index contributed by atoms with van der Waals surface area (Å²) in [5.41, 5.74) is 6.32. The fourth-order valence-electron chi connectivity index (χ4n) is 3.77. The number of halogens is 2. The van der Waals surface area contributed by atoms with Gasteiger partial charge in [-0.05, 0) is 48.7 Å². The number of aromatic amines is 1. The van der Waals surface area contributed by atoms with Crippen LogP contribution in [0.4, 0.5) is 0 Å². The fourth-order valence-corrected chi connectivity index (χ4v) is 4.34. The lowest BCUT2D eigenvalue weighted by Crippen LogP contribution is -2.31. The zero-order valence-electron chi connectivity index (χ0n) is 13.5. The summed E-state index contributed by atoms with van der Waals surface area (Å²) in [7, 11) is 2.15. The molecule has 0 amide bonds. The van der Waals surface area contributed by atoms with E-state index < -0.39 is 0 Å². The summed E-state index contributed by atoms with van der Waals surface area (Å²) < 4.78 is 0. The van der Waals surface area contributed by atoms with Gasteiger partial charge in [0.25, 0.3) is 0 Å². The maximum atomic E-state index is 6.47. The Balaban J connectivity index is 1.76. The van der Waals surface area contributed by atoms with Crippen LogP contribution in [-0.2, 0) is 6.54 Å². The van der Waals surface area contributed by atoms with Crippen LogP contribution < -0.4 is 0 Å². The highest BCUT2D eigenvalue weighted by Crippen LogP contribution is 2.41. The van der Waals surface area contributed by atoms with Gasteiger partial charge in [0.05, 0.1) is 6.20 Å². The van der Waals surface area contributed by atoms with E-state index in [1.165, 1.54) is 22.3 Å². The summed E-state index contributed by atoms with van der Waals surface area (Å²) in [4.78, 5) is 2.34. The second kappa shape index (κ2) is 6.40. The summed E-state index contributed by atoms with van der Waals surface area (Å²) in [6.45, 7) is 1.87. The van der Waals surface area contributed by atoms with Gasteiger partial charge in [-0.3, -0.25) is 5.10 Å². The highest BCUT2D eigenvalue weighted by Gasteiger charge is 2.29. The Morgan fingerprint density at radius 1 is 1.29 bits per heavy atom. The van der Waals surface area contributed by atoms with Gasteiger partial charge in [-0.25, -0.2) is 0 Å². The Hall–Kier alpha value is -1.55. The van der Waals surface area contributed by atoms with Gasteiger partial charge in [0.1, 0.15) is 0 Å². The number of nitrogens with one attached hydrogen (secondary N) is 1. The molecule has 0 bridgehead atoms. The molecule has 0 saturated carbocycles. The van der Waals surface area contributed by atoms with Crippen LogP contribution in [0.15, 0.2) is 42.3 Å². The van der Waals surface area contributed by atoms with Crippen molar-refractivity contribution in [3.05, 3.63) is 69.0 Å². The van der Waals surface area contributed by atoms with Crippen LogP contribution >= 0.6 is 23.2 Å². The minimum absolute atomic E-state index is 0.338. The van der Waals surface area contributed by atoms with Crippen molar-refractivity contribution in [2.24, 2.45) is 0 Å². The highest BCUT2D eigenvalue weighted by atomic mass is 35.5. The Bertz CT molecular complexity index is 821. The molecule has 1 aliphatic heterocycles. The van der Waals surface area contributed by atoms with Crippen molar-refractivity contribution < 1.29 is 0 Å². The number of likely N-dealkylation sites (N-methyl/N-ethyl adjacent to an activating group) is 1. The van der Waals surface area contributed by atoms with Crippen LogP contribution in [0.2, 0.25) is 10.0 Å². The van der Waals surface area contributed by atoms with Crippen molar-refractivity contribution in [1.82, 2.24) is 15.1 Å². The van der Waals surface area contributed by atoms with E-state index >= 15 is 0 Å². The van der Waals surface area contributed by atoms with Crippen LogP contribution in [0.1, 0.15) is 35.4 Å². The highest BCUT2D eigenvalue weighted by molar-refractivity contribution is 6.35. The summed E-state index contributed by atoms with van der Waals surface area (Å²) in [6, 6.07) is 3.95. The van der Waals surface area contributed by atoms with E-state index in [2.05, 4.69) is 40.4 Å². The molecule has 5 heteroatoms. The zero-order chi connectivity index (χ0) is 16.7. The first-order valence-electron chi connectivity index (χ1n) is 8.18. The number of allylic oxidation sites excluding steroid dienone is 3. The molecule has 0 fully saturated rings. The van der Waals surface area contributed by atoms with Crippen molar-refractivity contribution in [3.63, 3.8) is 0 Å². The standard InChI is InChI=1S/C19H19Cl2N3/c1-24-10-17(16-6-15(20)7-19(21)18(16)11-24)13-4-2-3-12(5-13)14-8-22-23-9-14/h3,5-9,17H,2,4,10-11H2,1H3,(H,22,23)/t17-/m0/s1. The average molecular weight is 360 g/mol. The van der Waals surface area contributed by atoms with Crippen molar-refractivity contribution in [3.8, 4) is 0 Å². The van der Waals surface area contributed by atoms with Crippen molar-refractivity contribution in [1.29, 1.82) is 0 Å². The van der Waals surface area contributed by atoms with Crippen LogP contribution in [0.25, 0.3) is 5.57 Å². The van der Waals surface area contributed by atoms with Gasteiger partial charge in [-0.1, -0.05) is 40.9 Å². The van der Waals surface area contributed by atoms with E-state index in [-0.39, 0.29) is 0 Å². The minimum Gasteiger partial charge on any atom is -0.301 e. The average Bonchev–Trinajstić information content (AvgIpc) is 3.10. The molecule has 3 nitrogen and oxygen atoms in total. The Morgan fingerprint density at radius 2 is 2.17 bits per heavy atom. The second-order valence-electron chi connectivity index (χ2n) is 6.61. The molecule has 1 N–H and O–H groups in total. The van der Waals surface area contributed by atoms with Crippen LogP contribution in [0.5, 0.6) is 0 Å². The largest absolute Gasteiger partial charge is 0.301 e. The van der Waals surface area contributed by atoms with Crippen LogP contribution in [0.3, 0.4) is 0 Å². The summed E-state index contributed by atoms with van der Waals surface area (Å²) >= 11 is 12.8. The van der Waals surface area contributed by atoms with Crippen LogP contribution in [-0.4, -0.2) is 28.7 Å². The molecular weight excluding hydrogens is 341 g/mol. The predicted octanol–water partition coefficient (Wildman–Crippen LogP) is 5.05. The molecule has 0 unspecified atom stereocenters. The van der Waals surface area contributed by atoms with E-state index in [9.17, 15) is 0 Å². The lowest BCUT2D eigenvalue weighted by molar-refractivity contribution is 0.292. The molecule has 124 valence electrons. The minimum atomic E-state index is 0.338. The fraction of sp³-hybridized carbons (Fsp3) is 0.316. The predicted molar refractivity (Wildman–Crippen MR) is 99.4 cm³/mol. The number of fused-ring (bicyclic) bond motifs is 1. The lowest BCUT2D eigenvalue weighted by Gasteiger charge is -2.35. The molecule has 2 aromatic rings. The van der Waals surface area contributed by atoms with Crippen molar-refractivity contribution in [2.75, 3.05) is 13.6 Å². The smallest absolute Gasteiger partial charge is 0.0565 e. The van der Waals surface area contributed by atoms with Crippen molar-refractivity contribution in [2.45, 2.75) is 25.3 Å². The van der Waals surface area contributed by atoms with Gasteiger partial charge in [0.15, 0.2) is 0 Å². The Kier molecular flexibility index (Phi) is 4.25. The van der Waals surface area contributed by atoms with Crippen molar-refractivity contribution >= 4 is 28.8 Å². The summed E-state index contributed by atoms with van der Waals surface area (Å²) in [6.07, 6.45) is 10.5. The molecule has 0 spiro atoms. The van der Waals surface area contributed by atoms with Gasteiger partial charge < -0.3 is 4.90 Å². The first kappa shape index (κ1) is 15.9. The van der Waals surface area contributed by atoms with E-state index in [1.807, 2.05) is 18.5 Å². The first-order valence-corrected chi connectivity index (χ1v) is 8.93. The molecule has 1 aliphatic carbocycles. The normalized spacial score (nSPS) is 21.2. The van der Waals surface area contributed by atoms with Gasteiger partial charge in [0, 0.05) is 40.8 Å². The Morgan fingerprint density at radius 3 is 2.96 bits per heavy atom. The van der Waals surface area contributed by atoms with Gasteiger partial charge in [-0.2, -0.15) is 5.10 Å². The number of H-pyrrole nitrogens is 1. The second-order valence-corrected chi connectivity index (χ2v) is 7.45. The van der Waals surface area contributed by atoms with E-state index in [0.29, 0.717) is 5.92 Å². The molecule has 0 saturated heterocycles. The third-order valence-electron chi connectivity index (χ3n) is 4.91. The molecule has 1 aromatic carbocycles. The number of hydrogen-bond donors (Lipinski definition) is 1. The maximum Gasteiger partial charge on any atom is 0.0565 e. The number of aromatic nitrogens is 2. The zero-order valence-corrected chi connectivity index (χ0v) is 15.0. The molecule has 24 heavy (non-hydrogen) atoms. The molecular formula is C19H19Cl2N3. The lowest BCUT2D eigenvalue weighted by atomic mass is 9.80. The number of hydrogen-bond acceptors (Lipinski definition) is 2. The molecule has 2 heterocycles. The summed E-state index contributed by atoms with van der Waals surface area (Å²) in [5, 5.41) is 8.46. The molecule has 0 radical (unpaired) electrons. The summed E-state index contributed by atoms with van der Waals surface area (Å²) in [5.74, 6) is 0.338. The first-order chi connectivity index (χ1) is 11.6. The topological polar surface area (TPSA) is 31.9 Å². The third-order valence-corrected chi connectivity index (χ3v) is 5.47. The monoisotopic (exact) mass is 359 g/mol. The SMILES string of the molecule is CN1Cc2c(Cl)cc(Cl)cc2[C@H](C2=CC(c3cn[nH]c3)=CCC2)C1. The number of rotatable bonds is 2. The van der Waals surface area contributed by atoms with Gasteiger partial charge >= 0.3 is 0 Å². The van der Waals surface area contributed by atoms with E-state index in [0.717, 1.165) is 41.5 Å².